The number of rotatable bonds is 7. The molecule has 2 aliphatic heterocycles. The maximum absolute atomic E-state index is 14.0. The molecule has 4 aliphatic rings. The first-order valence-corrected chi connectivity index (χ1v) is 15.0. The minimum absolute atomic E-state index is 0.00578. The number of hydrogen-bond donors (Lipinski definition) is 3. The summed E-state index contributed by atoms with van der Waals surface area (Å²) < 4.78 is 53.2. The van der Waals surface area contributed by atoms with Gasteiger partial charge >= 0.3 is 6.18 Å². The highest BCUT2D eigenvalue weighted by Gasteiger charge is 2.57. The lowest BCUT2D eigenvalue weighted by Gasteiger charge is -2.50. The van der Waals surface area contributed by atoms with Crippen LogP contribution in [-0.4, -0.2) is 60.0 Å². The molecule has 0 radical (unpaired) electrons. The third-order valence-electron chi connectivity index (χ3n) is 9.75. The molecular formula is C32H33F3N6O4. The average Bonchev–Trinajstić information content (AvgIpc) is 3.78. The largest absolute Gasteiger partial charge is 0.495 e. The fraction of sp³-hybridized carbons (Fsp3) is 0.438. The standard InChI is InChI=1S/C32H33F3N6O4/c1-41-28(43)25-20(31(41)8-9-31)4-3-5-23(25)45-27-21(32(33,34)35)17-37-29(40-27)39-22-7-6-18(14-24(22)44-2)26(42)38-19-15-30(16-19)10-12-36-13-11-30/h3-7,14,17,19,36H,8-13,15-16H2,1-2H3,(H,38,42)(H,37,39,40). The van der Waals surface area contributed by atoms with Crippen molar-refractivity contribution in [3.63, 3.8) is 0 Å². The van der Waals surface area contributed by atoms with E-state index in [1.807, 2.05) is 6.07 Å². The van der Waals surface area contributed by atoms with Crippen molar-refractivity contribution in [3.8, 4) is 17.4 Å². The van der Waals surface area contributed by atoms with Crippen molar-refractivity contribution in [1.29, 1.82) is 0 Å². The molecule has 3 fully saturated rings. The summed E-state index contributed by atoms with van der Waals surface area (Å²) in [5.74, 6) is -1.20. The highest BCUT2D eigenvalue weighted by atomic mass is 19.4. The van der Waals surface area contributed by atoms with E-state index in [1.165, 1.54) is 13.2 Å². The van der Waals surface area contributed by atoms with E-state index in [1.54, 1.807) is 36.2 Å². The number of nitrogens with zero attached hydrogens (tertiary/aromatic N) is 3. The van der Waals surface area contributed by atoms with Crippen molar-refractivity contribution in [2.75, 3.05) is 32.6 Å². The van der Waals surface area contributed by atoms with Crippen LogP contribution in [0.3, 0.4) is 0 Å². The Bertz CT molecular complexity index is 1680. The first kappa shape index (κ1) is 29.3. The second-order valence-corrected chi connectivity index (χ2v) is 12.5. The molecule has 0 unspecified atom stereocenters. The maximum Gasteiger partial charge on any atom is 0.423 e. The molecule has 3 heterocycles. The number of alkyl halides is 3. The number of fused-ring (bicyclic) bond motifs is 2. The Hall–Kier alpha value is -4.39. The van der Waals surface area contributed by atoms with Gasteiger partial charge in [-0.1, -0.05) is 12.1 Å². The third-order valence-corrected chi connectivity index (χ3v) is 9.75. The minimum Gasteiger partial charge on any atom is -0.495 e. The molecular weight excluding hydrogens is 589 g/mol. The van der Waals surface area contributed by atoms with Crippen LogP contribution in [0.15, 0.2) is 42.6 Å². The Morgan fingerprint density at radius 2 is 1.84 bits per heavy atom. The van der Waals surface area contributed by atoms with Gasteiger partial charge in [0.05, 0.1) is 23.9 Å². The molecule has 1 aromatic heterocycles. The quantitative estimate of drug-likeness (QED) is 0.322. The van der Waals surface area contributed by atoms with E-state index < -0.39 is 23.2 Å². The fourth-order valence-corrected chi connectivity index (χ4v) is 7.07. The molecule has 0 atom stereocenters. The molecule has 45 heavy (non-hydrogen) atoms. The molecule has 236 valence electrons. The van der Waals surface area contributed by atoms with Gasteiger partial charge in [-0.3, -0.25) is 9.59 Å². The Morgan fingerprint density at radius 3 is 2.53 bits per heavy atom. The summed E-state index contributed by atoms with van der Waals surface area (Å²) >= 11 is 0. The van der Waals surface area contributed by atoms with E-state index in [4.69, 9.17) is 9.47 Å². The van der Waals surface area contributed by atoms with E-state index in [-0.39, 0.29) is 40.9 Å². The molecule has 13 heteroatoms. The number of aromatic nitrogens is 2. The zero-order valence-corrected chi connectivity index (χ0v) is 24.9. The van der Waals surface area contributed by atoms with Gasteiger partial charge in [-0.2, -0.15) is 18.2 Å². The number of anilines is 2. The van der Waals surface area contributed by atoms with E-state index in [0.29, 0.717) is 22.9 Å². The molecule has 10 nitrogen and oxygen atoms in total. The predicted molar refractivity (Wildman–Crippen MR) is 158 cm³/mol. The lowest BCUT2D eigenvalue weighted by atomic mass is 9.60. The zero-order valence-electron chi connectivity index (χ0n) is 24.9. The molecule has 3 N–H and O–H groups in total. The van der Waals surface area contributed by atoms with Crippen LogP contribution < -0.4 is 25.4 Å². The monoisotopic (exact) mass is 622 g/mol. The lowest BCUT2D eigenvalue weighted by Crippen LogP contribution is -2.54. The predicted octanol–water partition coefficient (Wildman–Crippen LogP) is 5.38. The Morgan fingerprint density at radius 1 is 1.09 bits per heavy atom. The number of carbonyl (C=O) groups excluding carboxylic acids is 2. The smallest absolute Gasteiger partial charge is 0.423 e. The van der Waals surface area contributed by atoms with Crippen LogP contribution in [-0.2, 0) is 11.7 Å². The van der Waals surface area contributed by atoms with Gasteiger partial charge in [-0.25, -0.2) is 4.98 Å². The number of halogens is 3. The molecule has 2 amide bonds. The van der Waals surface area contributed by atoms with Gasteiger partial charge < -0.3 is 30.3 Å². The average molecular weight is 623 g/mol. The lowest BCUT2D eigenvalue weighted by molar-refractivity contribution is -0.139. The number of carbonyl (C=O) groups is 2. The Kier molecular flexibility index (Phi) is 6.91. The van der Waals surface area contributed by atoms with Crippen LogP contribution >= 0.6 is 0 Å². The number of hydrogen-bond acceptors (Lipinski definition) is 8. The summed E-state index contributed by atoms with van der Waals surface area (Å²) in [6, 6.07) is 9.79. The highest BCUT2D eigenvalue weighted by Crippen LogP contribution is 2.57. The molecule has 1 saturated heterocycles. The summed E-state index contributed by atoms with van der Waals surface area (Å²) in [7, 11) is 3.11. The van der Waals surface area contributed by atoms with Gasteiger partial charge in [-0.05, 0) is 86.9 Å². The van der Waals surface area contributed by atoms with E-state index in [9.17, 15) is 22.8 Å². The van der Waals surface area contributed by atoms with Gasteiger partial charge in [-0.15, -0.1) is 0 Å². The second-order valence-electron chi connectivity index (χ2n) is 12.5. The highest BCUT2D eigenvalue weighted by molar-refractivity contribution is 6.03. The van der Waals surface area contributed by atoms with Crippen LogP contribution in [0.1, 0.15) is 70.4 Å². The molecule has 3 aromatic rings. The third kappa shape index (κ3) is 5.12. The first-order chi connectivity index (χ1) is 21.5. The number of ether oxygens (including phenoxy) is 2. The fourth-order valence-electron chi connectivity index (χ4n) is 7.07. The molecule has 0 bridgehead atoms. The van der Waals surface area contributed by atoms with Gasteiger partial charge in [0.25, 0.3) is 11.8 Å². The van der Waals surface area contributed by atoms with Gasteiger partial charge in [0.1, 0.15) is 17.1 Å². The topological polar surface area (TPSA) is 118 Å². The van der Waals surface area contributed by atoms with Gasteiger partial charge in [0.15, 0.2) is 0 Å². The Labute approximate surface area is 257 Å². The second kappa shape index (κ2) is 10.6. The van der Waals surface area contributed by atoms with Crippen LogP contribution in [0.4, 0.5) is 24.8 Å². The number of benzene rings is 2. The van der Waals surface area contributed by atoms with Crippen LogP contribution in [0, 0.1) is 5.41 Å². The van der Waals surface area contributed by atoms with Gasteiger partial charge in [0, 0.05) is 24.8 Å². The van der Waals surface area contributed by atoms with Crippen LogP contribution in [0.2, 0.25) is 0 Å². The van der Waals surface area contributed by atoms with Crippen molar-refractivity contribution >= 4 is 23.5 Å². The molecule has 2 saturated carbocycles. The summed E-state index contributed by atoms with van der Waals surface area (Å²) in [5, 5.41) is 9.36. The molecule has 2 spiro atoms. The SMILES string of the molecule is COc1cc(C(=O)NC2CC3(CCNCC3)C2)ccc1Nc1ncc(C(F)(F)F)c(Oc2cccc3c2C(=O)N(C)C32CC2)n1. The number of methoxy groups -OCH3 is 1. The van der Waals surface area contributed by atoms with Crippen molar-refractivity contribution in [3.05, 3.63) is 64.8 Å². The zero-order chi connectivity index (χ0) is 31.6. The van der Waals surface area contributed by atoms with Crippen LogP contribution in [0.25, 0.3) is 0 Å². The summed E-state index contributed by atoms with van der Waals surface area (Å²) in [5.41, 5.74) is 0.417. The van der Waals surface area contributed by atoms with E-state index in [0.717, 1.165) is 57.2 Å². The number of amides is 2. The van der Waals surface area contributed by atoms with Crippen molar-refractivity contribution in [2.45, 2.75) is 56.3 Å². The first-order valence-electron chi connectivity index (χ1n) is 15.0. The van der Waals surface area contributed by atoms with E-state index >= 15 is 0 Å². The minimum atomic E-state index is -4.81. The molecule has 7 rings (SSSR count). The van der Waals surface area contributed by atoms with Gasteiger partial charge in [0.2, 0.25) is 11.8 Å². The van der Waals surface area contributed by atoms with Crippen LogP contribution in [0.5, 0.6) is 17.4 Å². The molecule has 2 aromatic carbocycles. The number of piperidine rings is 1. The van der Waals surface area contributed by atoms with Crippen molar-refractivity contribution in [1.82, 2.24) is 25.5 Å². The molecule has 2 aliphatic carbocycles. The van der Waals surface area contributed by atoms with Crippen molar-refractivity contribution < 1.29 is 32.2 Å². The maximum atomic E-state index is 14.0. The summed E-state index contributed by atoms with van der Waals surface area (Å²) in [6.45, 7) is 2.02. The number of nitrogens with one attached hydrogen (secondary N) is 3. The normalized spacial score (nSPS) is 19.7. The Balaban J connectivity index is 1.11. The van der Waals surface area contributed by atoms with E-state index in [2.05, 4.69) is 25.9 Å². The summed E-state index contributed by atoms with van der Waals surface area (Å²) in [6.07, 6.45) is 1.54. The summed E-state index contributed by atoms with van der Waals surface area (Å²) in [4.78, 5) is 35.6. The van der Waals surface area contributed by atoms with Crippen molar-refractivity contribution in [2.24, 2.45) is 5.41 Å².